The summed E-state index contributed by atoms with van der Waals surface area (Å²) >= 11 is 6.84. The first-order valence-electron chi connectivity index (χ1n) is 3.90. The Balaban J connectivity index is 2.62. The van der Waals surface area contributed by atoms with Gasteiger partial charge in [-0.1, -0.05) is 56.1 Å². The largest absolute Gasteiger partial charge is 0.259 e. The van der Waals surface area contributed by atoms with Gasteiger partial charge in [0.05, 0.1) is 5.69 Å². The molecule has 0 aliphatic carbocycles. The van der Waals surface area contributed by atoms with Crippen molar-refractivity contribution in [2.75, 3.05) is 0 Å². The van der Waals surface area contributed by atoms with Crippen LogP contribution >= 0.6 is 31.9 Å². The van der Waals surface area contributed by atoms with E-state index in [4.69, 9.17) is 0 Å². The molecule has 0 aliphatic rings. The zero-order chi connectivity index (χ0) is 9.26. The molecule has 0 fully saturated rings. The van der Waals surface area contributed by atoms with Gasteiger partial charge in [0, 0.05) is 11.6 Å². The molecule has 0 saturated carbocycles. The van der Waals surface area contributed by atoms with Crippen LogP contribution in [0.25, 0.3) is 10.8 Å². The molecule has 1 nitrogen and oxygen atoms in total. The standard InChI is InChI=1S/C10H7Br2N/c11-10(12)9-5-7-3-1-2-4-8(7)6-13-9/h1-6,10H. The fourth-order valence-electron chi connectivity index (χ4n) is 1.22. The number of nitrogens with zero attached hydrogens (tertiary/aromatic N) is 1. The number of alkyl halides is 2. The molecule has 66 valence electrons. The molecule has 0 atom stereocenters. The molecule has 0 unspecified atom stereocenters. The van der Waals surface area contributed by atoms with Crippen molar-refractivity contribution in [1.82, 2.24) is 4.98 Å². The Kier molecular flexibility index (Phi) is 2.65. The van der Waals surface area contributed by atoms with Crippen molar-refractivity contribution in [3.63, 3.8) is 0 Å². The molecule has 1 aromatic carbocycles. The topological polar surface area (TPSA) is 12.9 Å². The third kappa shape index (κ3) is 1.92. The molecule has 0 N–H and O–H groups in total. The maximum Gasteiger partial charge on any atom is 0.112 e. The summed E-state index contributed by atoms with van der Waals surface area (Å²) in [5.41, 5.74) is 0.999. The number of hydrogen-bond donors (Lipinski definition) is 0. The zero-order valence-corrected chi connectivity index (χ0v) is 9.92. The number of pyridine rings is 1. The van der Waals surface area contributed by atoms with Gasteiger partial charge in [-0.15, -0.1) is 0 Å². The van der Waals surface area contributed by atoms with E-state index in [1.54, 1.807) is 0 Å². The van der Waals surface area contributed by atoms with Crippen molar-refractivity contribution in [1.29, 1.82) is 0 Å². The highest BCUT2D eigenvalue weighted by molar-refractivity contribution is 9.24. The van der Waals surface area contributed by atoms with Gasteiger partial charge in [0.1, 0.15) is 3.74 Å². The SMILES string of the molecule is BrC(Br)c1cc2ccccc2cn1. The van der Waals surface area contributed by atoms with Crippen molar-refractivity contribution in [3.05, 3.63) is 42.2 Å². The van der Waals surface area contributed by atoms with Gasteiger partial charge < -0.3 is 0 Å². The first-order chi connectivity index (χ1) is 6.27. The minimum Gasteiger partial charge on any atom is -0.259 e. The van der Waals surface area contributed by atoms with Gasteiger partial charge in [0.15, 0.2) is 0 Å². The van der Waals surface area contributed by atoms with Crippen LogP contribution in [-0.2, 0) is 0 Å². The minimum atomic E-state index is 0.129. The number of halogens is 2. The van der Waals surface area contributed by atoms with Crippen molar-refractivity contribution < 1.29 is 0 Å². The van der Waals surface area contributed by atoms with Crippen molar-refractivity contribution in [3.8, 4) is 0 Å². The number of benzene rings is 1. The first-order valence-corrected chi connectivity index (χ1v) is 5.73. The predicted octanol–water partition coefficient (Wildman–Crippen LogP) is 4.02. The molecular weight excluding hydrogens is 294 g/mol. The van der Waals surface area contributed by atoms with E-state index < -0.39 is 0 Å². The summed E-state index contributed by atoms with van der Waals surface area (Å²) in [4.78, 5) is 4.31. The Hall–Kier alpha value is -0.410. The smallest absolute Gasteiger partial charge is 0.112 e. The molecule has 2 rings (SSSR count). The van der Waals surface area contributed by atoms with Crippen LogP contribution in [0.1, 0.15) is 9.43 Å². The second kappa shape index (κ2) is 3.76. The van der Waals surface area contributed by atoms with E-state index in [9.17, 15) is 0 Å². The Morgan fingerprint density at radius 2 is 1.77 bits per heavy atom. The van der Waals surface area contributed by atoms with E-state index in [-0.39, 0.29) is 3.74 Å². The summed E-state index contributed by atoms with van der Waals surface area (Å²) in [7, 11) is 0. The summed E-state index contributed by atoms with van der Waals surface area (Å²) in [6.45, 7) is 0. The molecular formula is C10H7Br2N. The van der Waals surface area contributed by atoms with E-state index in [1.165, 1.54) is 10.8 Å². The first kappa shape index (κ1) is 9.16. The van der Waals surface area contributed by atoms with Crippen LogP contribution in [0.2, 0.25) is 0 Å². The average Bonchev–Trinajstić information content (AvgIpc) is 2.17. The predicted molar refractivity (Wildman–Crippen MR) is 62.3 cm³/mol. The van der Waals surface area contributed by atoms with Gasteiger partial charge in [-0.3, -0.25) is 4.98 Å². The fraction of sp³-hybridized carbons (Fsp3) is 0.100. The quantitative estimate of drug-likeness (QED) is 0.725. The molecule has 0 spiro atoms. The van der Waals surface area contributed by atoms with Gasteiger partial charge in [0.2, 0.25) is 0 Å². The van der Waals surface area contributed by atoms with Gasteiger partial charge in [-0.05, 0) is 11.5 Å². The Bertz CT molecular complexity index is 426. The van der Waals surface area contributed by atoms with E-state index in [1.807, 2.05) is 18.3 Å². The number of aromatic nitrogens is 1. The second-order valence-electron chi connectivity index (χ2n) is 2.76. The molecule has 1 heterocycles. The van der Waals surface area contributed by atoms with Gasteiger partial charge in [-0.25, -0.2) is 0 Å². The third-order valence-electron chi connectivity index (χ3n) is 1.88. The summed E-state index contributed by atoms with van der Waals surface area (Å²) < 4.78 is 0.129. The zero-order valence-electron chi connectivity index (χ0n) is 6.74. The fourth-order valence-corrected chi connectivity index (χ4v) is 1.72. The van der Waals surface area contributed by atoms with E-state index in [0.717, 1.165) is 5.69 Å². The highest BCUT2D eigenvalue weighted by atomic mass is 79.9. The van der Waals surface area contributed by atoms with Crippen LogP contribution < -0.4 is 0 Å². The van der Waals surface area contributed by atoms with Crippen LogP contribution in [0.3, 0.4) is 0 Å². The lowest BCUT2D eigenvalue weighted by Gasteiger charge is -2.02. The monoisotopic (exact) mass is 299 g/mol. The van der Waals surface area contributed by atoms with Gasteiger partial charge in [0.25, 0.3) is 0 Å². The molecule has 0 saturated heterocycles. The normalized spacial score (nSPS) is 11.0. The molecule has 1 aromatic heterocycles. The maximum absolute atomic E-state index is 4.31. The highest BCUT2D eigenvalue weighted by Gasteiger charge is 2.03. The molecule has 2 aromatic rings. The molecule has 13 heavy (non-hydrogen) atoms. The third-order valence-corrected chi connectivity index (χ3v) is 2.81. The molecule has 0 aliphatic heterocycles. The van der Waals surface area contributed by atoms with Crippen LogP contribution in [0.5, 0.6) is 0 Å². The molecule has 0 bridgehead atoms. The van der Waals surface area contributed by atoms with Crippen LogP contribution in [0.15, 0.2) is 36.5 Å². The van der Waals surface area contributed by atoms with Crippen molar-refractivity contribution in [2.24, 2.45) is 0 Å². The van der Waals surface area contributed by atoms with Crippen LogP contribution in [0.4, 0.5) is 0 Å². The number of fused-ring (bicyclic) bond motifs is 1. The van der Waals surface area contributed by atoms with Crippen molar-refractivity contribution >= 4 is 42.6 Å². The Labute approximate surface area is 93.4 Å². The van der Waals surface area contributed by atoms with Crippen LogP contribution in [0, 0.1) is 0 Å². The summed E-state index contributed by atoms with van der Waals surface area (Å²) in [5, 5.41) is 2.39. The lowest BCUT2D eigenvalue weighted by atomic mass is 10.1. The summed E-state index contributed by atoms with van der Waals surface area (Å²) in [6.07, 6.45) is 1.89. The van der Waals surface area contributed by atoms with Gasteiger partial charge in [-0.2, -0.15) is 0 Å². The average molecular weight is 301 g/mol. The Morgan fingerprint density at radius 1 is 1.08 bits per heavy atom. The van der Waals surface area contributed by atoms with E-state index in [0.29, 0.717) is 0 Å². The van der Waals surface area contributed by atoms with Crippen molar-refractivity contribution in [2.45, 2.75) is 3.74 Å². The lowest BCUT2D eigenvalue weighted by molar-refractivity contribution is 1.20. The van der Waals surface area contributed by atoms with E-state index in [2.05, 4.69) is 55.0 Å². The molecule has 3 heteroatoms. The maximum atomic E-state index is 4.31. The summed E-state index contributed by atoms with van der Waals surface area (Å²) in [6, 6.07) is 10.3. The highest BCUT2D eigenvalue weighted by Crippen LogP contribution is 2.28. The second-order valence-corrected chi connectivity index (χ2v) is 5.82. The minimum absolute atomic E-state index is 0.129. The van der Waals surface area contributed by atoms with E-state index >= 15 is 0 Å². The number of hydrogen-bond acceptors (Lipinski definition) is 1. The van der Waals surface area contributed by atoms with Crippen LogP contribution in [-0.4, -0.2) is 4.98 Å². The Morgan fingerprint density at radius 3 is 2.46 bits per heavy atom. The molecule has 0 amide bonds. The number of rotatable bonds is 1. The van der Waals surface area contributed by atoms with Gasteiger partial charge >= 0.3 is 0 Å². The summed E-state index contributed by atoms with van der Waals surface area (Å²) in [5.74, 6) is 0. The lowest BCUT2D eigenvalue weighted by Crippen LogP contribution is -1.86. The molecule has 0 radical (unpaired) electrons.